The molecule has 0 aliphatic carbocycles. The number of nitrogens with zero attached hydrogens (tertiary/aromatic N) is 1. The fourth-order valence-electron chi connectivity index (χ4n) is 9.52. The highest BCUT2D eigenvalue weighted by Gasteiger charge is 2.18. The normalized spacial score (nSPS) is 11.7. The van der Waals surface area contributed by atoms with Gasteiger partial charge in [0.15, 0.2) is 0 Å². The van der Waals surface area contributed by atoms with E-state index in [1.165, 1.54) is 97.7 Å². The van der Waals surface area contributed by atoms with Gasteiger partial charge in [-0.05, 0) is 152 Å². The maximum absolute atomic E-state index is 2.43. The Morgan fingerprint density at radius 2 is 0.644 bits per heavy atom. The number of hydrogen-bond acceptors (Lipinski definition) is 1. The first-order valence-corrected chi connectivity index (χ1v) is 20.4. The fraction of sp³-hybridized carbons (Fsp3) is 0. The number of anilines is 3. The average Bonchev–Trinajstić information content (AvgIpc) is 3.30. The third-order valence-corrected chi connectivity index (χ3v) is 12.3. The van der Waals surface area contributed by atoms with E-state index in [-0.39, 0.29) is 0 Å². The van der Waals surface area contributed by atoms with E-state index >= 15 is 0 Å². The van der Waals surface area contributed by atoms with Gasteiger partial charge in [-0.3, -0.25) is 0 Å². The van der Waals surface area contributed by atoms with Gasteiger partial charge in [0, 0.05) is 17.1 Å². The van der Waals surface area contributed by atoms with Crippen molar-refractivity contribution in [1.29, 1.82) is 0 Å². The van der Waals surface area contributed by atoms with Gasteiger partial charge in [0.05, 0.1) is 0 Å². The molecule has 12 aromatic rings. The minimum atomic E-state index is 1.12. The van der Waals surface area contributed by atoms with Crippen molar-refractivity contribution in [2.24, 2.45) is 0 Å². The molecule has 0 aliphatic heterocycles. The van der Waals surface area contributed by atoms with Crippen LogP contribution in [0.1, 0.15) is 0 Å². The van der Waals surface area contributed by atoms with E-state index in [9.17, 15) is 0 Å². The topological polar surface area (TPSA) is 3.24 Å². The Morgan fingerprint density at radius 1 is 0.220 bits per heavy atom. The Labute approximate surface area is 342 Å². The van der Waals surface area contributed by atoms with Gasteiger partial charge in [-0.2, -0.15) is 0 Å². The molecule has 0 aliphatic rings. The summed E-state index contributed by atoms with van der Waals surface area (Å²) in [5, 5.41) is 17.5. The number of benzene rings is 12. The molecular formula is C58H37N. The summed E-state index contributed by atoms with van der Waals surface area (Å²) >= 11 is 0. The molecule has 0 fully saturated rings. The zero-order valence-electron chi connectivity index (χ0n) is 32.3. The monoisotopic (exact) mass is 747 g/mol. The van der Waals surface area contributed by atoms with Crippen LogP contribution < -0.4 is 4.90 Å². The van der Waals surface area contributed by atoms with E-state index in [2.05, 4.69) is 229 Å². The third kappa shape index (κ3) is 5.55. The van der Waals surface area contributed by atoms with E-state index in [1.807, 2.05) is 0 Å². The molecule has 0 saturated heterocycles. The molecular weight excluding hydrogens is 711 g/mol. The Hall–Kier alpha value is -7.74. The summed E-state index contributed by atoms with van der Waals surface area (Å²) < 4.78 is 0. The van der Waals surface area contributed by atoms with Crippen molar-refractivity contribution in [3.63, 3.8) is 0 Å². The predicted molar refractivity (Wildman–Crippen MR) is 255 cm³/mol. The van der Waals surface area contributed by atoms with Gasteiger partial charge < -0.3 is 4.90 Å². The van der Waals surface area contributed by atoms with Crippen LogP contribution >= 0.6 is 0 Å². The van der Waals surface area contributed by atoms with Crippen molar-refractivity contribution < 1.29 is 0 Å². The first kappa shape index (κ1) is 33.4. The molecule has 0 amide bonds. The lowest BCUT2D eigenvalue weighted by Crippen LogP contribution is -2.10. The molecule has 0 atom stereocenters. The third-order valence-electron chi connectivity index (χ3n) is 12.3. The van der Waals surface area contributed by atoms with Gasteiger partial charge in [0.1, 0.15) is 0 Å². The maximum atomic E-state index is 2.43. The van der Waals surface area contributed by atoms with E-state index in [1.54, 1.807) is 0 Å². The number of rotatable bonds is 5. The molecule has 0 unspecified atom stereocenters. The second-order valence-electron chi connectivity index (χ2n) is 15.7. The zero-order valence-corrected chi connectivity index (χ0v) is 32.3. The smallest absolute Gasteiger partial charge is 0.0468 e. The Morgan fingerprint density at radius 3 is 1.27 bits per heavy atom. The van der Waals surface area contributed by atoms with Gasteiger partial charge in [0.2, 0.25) is 0 Å². The minimum Gasteiger partial charge on any atom is -0.310 e. The van der Waals surface area contributed by atoms with Crippen LogP contribution in [0, 0.1) is 0 Å². The van der Waals surface area contributed by atoms with Crippen molar-refractivity contribution in [2.45, 2.75) is 0 Å². The molecule has 0 aromatic heterocycles. The van der Waals surface area contributed by atoms with E-state index < -0.39 is 0 Å². The molecule has 0 N–H and O–H groups in total. The van der Waals surface area contributed by atoms with Crippen LogP contribution in [-0.4, -0.2) is 0 Å². The van der Waals surface area contributed by atoms with Crippen LogP contribution in [0.4, 0.5) is 17.1 Å². The molecule has 12 rings (SSSR count). The standard InChI is InChI=1S/C58H37N/c1-3-15-41-33-47(29-26-38(41)12-1)59(48-30-27-39-13-2-4-16-42(39)34-48)49-31-28-43-32-45(25-24-44(43)35-49)56-36-46-37-57(51-23-11-17-40-14-5-6-18-50(40)51)53-20-8-10-22-55(53)58(46)54-21-9-7-19-52(54)56/h1-37H. The molecule has 12 aromatic carbocycles. The summed E-state index contributed by atoms with van der Waals surface area (Å²) in [5.41, 5.74) is 8.37. The van der Waals surface area contributed by atoms with Crippen molar-refractivity contribution in [3.05, 3.63) is 224 Å². The number of hydrogen-bond donors (Lipinski definition) is 0. The highest BCUT2D eigenvalue weighted by Crippen LogP contribution is 2.44. The van der Waals surface area contributed by atoms with Gasteiger partial charge in [-0.1, -0.05) is 170 Å². The molecule has 1 nitrogen and oxygen atoms in total. The summed E-state index contributed by atoms with van der Waals surface area (Å²) in [4.78, 5) is 2.39. The Bertz CT molecular complexity index is 3550. The van der Waals surface area contributed by atoms with Gasteiger partial charge >= 0.3 is 0 Å². The highest BCUT2D eigenvalue weighted by atomic mass is 15.1. The van der Waals surface area contributed by atoms with Crippen molar-refractivity contribution in [3.8, 4) is 22.3 Å². The second-order valence-corrected chi connectivity index (χ2v) is 15.7. The van der Waals surface area contributed by atoms with Crippen LogP contribution in [0.15, 0.2) is 224 Å². The van der Waals surface area contributed by atoms with Crippen LogP contribution in [0.5, 0.6) is 0 Å². The van der Waals surface area contributed by atoms with Gasteiger partial charge in [0.25, 0.3) is 0 Å². The molecule has 0 radical (unpaired) electrons. The summed E-state index contributed by atoms with van der Waals surface area (Å²) in [6, 6.07) is 82.7. The van der Waals surface area contributed by atoms with Crippen molar-refractivity contribution in [2.75, 3.05) is 4.90 Å². The lowest BCUT2D eigenvalue weighted by Gasteiger charge is -2.26. The average molecular weight is 748 g/mol. The van der Waals surface area contributed by atoms with Crippen LogP contribution in [0.3, 0.4) is 0 Å². The Kier molecular flexibility index (Phi) is 7.61. The maximum Gasteiger partial charge on any atom is 0.0468 e. The van der Waals surface area contributed by atoms with Crippen LogP contribution in [-0.2, 0) is 0 Å². The van der Waals surface area contributed by atoms with E-state index in [0.29, 0.717) is 0 Å². The van der Waals surface area contributed by atoms with E-state index in [0.717, 1.165) is 17.1 Å². The molecule has 0 bridgehead atoms. The zero-order chi connectivity index (χ0) is 38.9. The lowest BCUT2D eigenvalue weighted by molar-refractivity contribution is 1.30. The van der Waals surface area contributed by atoms with Crippen molar-refractivity contribution in [1.82, 2.24) is 0 Å². The molecule has 59 heavy (non-hydrogen) atoms. The summed E-state index contributed by atoms with van der Waals surface area (Å²) in [6.07, 6.45) is 0. The molecule has 274 valence electrons. The highest BCUT2D eigenvalue weighted by molar-refractivity contribution is 6.26. The van der Waals surface area contributed by atoms with Gasteiger partial charge in [-0.15, -0.1) is 0 Å². The van der Waals surface area contributed by atoms with Crippen molar-refractivity contribution >= 4 is 92.5 Å². The first-order valence-electron chi connectivity index (χ1n) is 20.4. The van der Waals surface area contributed by atoms with Crippen LogP contribution in [0.25, 0.3) is 97.7 Å². The lowest BCUT2D eigenvalue weighted by atomic mass is 9.86. The Balaban J connectivity index is 1.03. The SMILES string of the molecule is c1ccc2cc(N(c3ccc4ccccc4c3)c3ccc4cc(-c5cc6cc(-c7cccc8ccccc78)c7ccccc7c6c6ccccc56)ccc4c3)ccc2c1. The largest absolute Gasteiger partial charge is 0.310 e. The molecule has 0 spiro atoms. The molecule has 0 saturated carbocycles. The summed E-state index contributed by atoms with van der Waals surface area (Å²) in [6.45, 7) is 0. The van der Waals surface area contributed by atoms with Gasteiger partial charge in [-0.25, -0.2) is 0 Å². The fourth-order valence-corrected chi connectivity index (χ4v) is 9.52. The first-order chi connectivity index (χ1) is 29.2. The summed E-state index contributed by atoms with van der Waals surface area (Å²) in [5.74, 6) is 0. The van der Waals surface area contributed by atoms with Crippen LogP contribution in [0.2, 0.25) is 0 Å². The van der Waals surface area contributed by atoms with E-state index in [4.69, 9.17) is 0 Å². The quantitative estimate of drug-likeness (QED) is 0.159. The molecule has 0 heterocycles. The predicted octanol–water partition coefficient (Wildman–Crippen LogP) is 16.6. The summed E-state index contributed by atoms with van der Waals surface area (Å²) in [7, 11) is 0. The minimum absolute atomic E-state index is 1.12. The second kappa shape index (κ2) is 13.4. The molecule has 1 heteroatoms. The number of fused-ring (bicyclic) bond motifs is 9.